The number of carbonyl (C=O) groups is 1. The fourth-order valence-corrected chi connectivity index (χ4v) is 6.60. The maximum absolute atomic E-state index is 8.36. The average molecular weight is 495 g/mol. The minimum absolute atomic E-state index is 0.250. The maximum atomic E-state index is 8.36. The monoisotopic (exact) mass is 494 g/mol. The van der Waals surface area contributed by atoms with Crippen molar-refractivity contribution in [2.75, 3.05) is 12.0 Å². The van der Waals surface area contributed by atoms with Gasteiger partial charge < -0.3 is 19.3 Å². The third-order valence-electron chi connectivity index (χ3n) is 6.65. The Balaban J connectivity index is 0.000000868. The molecule has 178 valence electrons. The molecule has 2 aliphatic rings. The molecule has 1 fully saturated rings. The van der Waals surface area contributed by atoms with E-state index in [4.69, 9.17) is 26.9 Å². The summed E-state index contributed by atoms with van der Waals surface area (Å²) >= 11 is 7.24. The van der Waals surface area contributed by atoms with Gasteiger partial charge in [-0.25, -0.2) is 0 Å². The predicted octanol–water partition coefficient (Wildman–Crippen LogP) is 5.43. The van der Waals surface area contributed by atoms with Crippen molar-refractivity contribution in [3.8, 4) is 5.75 Å². The van der Waals surface area contributed by atoms with E-state index < -0.39 is 0 Å². The zero-order chi connectivity index (χ0) is 24.2. The van der Waals surface area contributed by atoms with E-state index >= 15 is 0 Å². The van der Waals surface area contributed by atoms with Gasteiger partial charge in [-0.3, -0.25) is 4.79 Å². The molecule has 1 saturated carbocycles. The second-order valence-corrected chi connectivity index (χ2v) is 10.2. The molecule has 3 aromatic rings. The van der Waals surface area contributed by atoms with Crippen molar-refractivity contribution >= 4 is 54.1 Å². The molecule has 2 heterocycles. The van der Waals surface area contributed by atoms with Crippen LogP contribution in [0.1, 0.15) is 49.7 Å². The number of aromatic nitrogens is 1. The van der Waals surface area contributed by atoms with Crippen LogP contribution in [0.25, 0.3) is 12.7 Å². The maximum Gasteiger partial charge on any atom is 0.290 e. The Hall–Kier alpha value is -2.90. The molecular weight excluding hydrogens is 464 g/mol. The first-order valence-corrected chi connectivity index (χ1v) is 12.8. The first-order chi connectivity index (χ1) is 16.5. The van der Waals surface area contributed by atoms with Gasteiger partial charge in [-0.1, -0.05) is 26.0 Å². The van der Waals surface area contributed by atoms with Gasteiger partial charge in [-0.05, 0) is 85.1 Å². The first kappa shape index (κ1) is 24.2. The van der Waals surface area contributed by atoms with Crippen molar-refractivity contribution < 1.29 is 14.6 Å². The largest absolute Gasteiger partial charge is 0.497 e. The fraction of sp³-hybridized carbons (Fsp3) is 0.333. The molecule has 1 aliphatic heterocycles. The molecule has 1 N–H and O–H groups in total. The number of hydrogen-bond acceptors (Lipinski definition) is 5. The third kappa shape index (κ3) is 4.55. The summed E-state index contributed by atoms with van der Waals surface area (Å²) < 4.78 is 9.61. The minimum atomic E-state index is -0.250. The first-order valence-electron chi connectivity index (χ1n) is 11.6. The number of fused-ring (bicyclic) bond motifs is 3. The number of ether oxygens (including phenoxy) is 1. The molecule has 0 spiro atoms. The van der Waals surface area contributed by atoms with Gasteiger partial charge >= 0.3 is 0 Å². The van der Waals surface area contributed by atoms with Crippen LogP contribution < -0.4 is 19.5 Å². The van der Waals surface area contributed by atoms with E-state index in [2.05, 4.69) is 71.5 Å². The highest BCUT2D eigenvalue weighted by atomic mass is 32.1. The Labute approximate surface area is 209 Å². The molecule has 7 heteroatoms. The molecular formula is C27H30N2O3S2. The normalized spacial score (nSPS) is 18.8. The smallest absolute Gasteiger partial charge is 0.290 e. The number of hydrogen-bond donors (Lipinski definition) is 1. The fourth-order valence-electron chi connectivity index (χ4n) is 5.21. The molecule has 0 bridgehead atoms. The highest BCUT2D eigenvalue weighted by Gasteiger charge is 2.42. The van der Waals surface area contributed by atoms with Crippen molar-refractivity contribution in [3.05, 3.63) is 67.4 Å². The zero-order valence-electron chi connectivity index (χ0n) is 19.6. The highest BCUT2D eigenvalue weighted by molar-refractivity contribution is 7.73. The van der Waals surface area contributed by atoms with Gasteiger partial charge in [-0.15, -0.1) is 11.3 Å². The Morgan fingerprint density at radius 3 is 2.65 bits per heavy atom. The van der Waals surface area contributed by atoms with Crippen molar-refractivity contribution in [1.82, 2.24) is 4.57 Å². The van der Waals surface area contributed by atoms with Crippen LogP contribution in [0.4, 0.5) is 11.4 Å². The van der Waals surface area contributed by atoms with Gasteiger partial charge in [-0.2, -0.15) is 0 Å². The van der Waals surface area contributed by atoms with Crippen LogP contribution in [0.3, 0.4) is 0 Å². The van der Waals surface area contributed by atoms with Crippen LogP contribution in [-0.2, 0) is 11.3 Å². The van der Waals surface area contributed by atoms with Gasteiger partial charge in [0.1, 0.15) is 5.75 Å². The summed E-state index contributed by atoms with van der Waals surface area (Å²) in [6.45, 7) is 7.17. The van der Waals surface area contributed by atoms with Crippen molar-refractivity contribution in [3.63, 3.8) is 0 Å². The average Bonchev–Trinajstić information content (AvgIpc) is 3.50. The molecule has 2 unspecified atom stereocenters. The Kier molecular flexibility index (Phi) is 7.54. The minimum Gasteiger partial charge on any atom is -0.497 e. The van der Waals surface area contributed by atoms with Crippen molar-refractivity contribution in [2.45, 2.75) is 51.1 Å². The lowest BCUT2D eigenvalue weighted by atomic mass is 9.96. The molecule has 2 aromatic carbocycles. The molecule has 2 atom stereocenters. The molecule has 5 rings (SSSR count). The van der Waals surface area contributed by atoms with E-state index in [1.54, 1.807) is 18.4 Å². The number of methoxy groups -OCH3 is 1. The van der Waals surface area contributed by atoms with Crippen molar-refractivity contribution in [2.24, 2.45) is 0 Å². The van der Waals surface area contributed by atoms with Crippen LogP contribution in [0.2, 0.25) is 0 Å². The van der Waals surface area contributed by atoms with Gasteiger partial charge in [0.15, 0.2) is 3.95 Å². The third-order valence-corrected chi connectivity index (χ3v) is 8.08. The van der Waals surface area contributed by atoms with E-state index in [1.165, 1.54) is 46.3 Å². The van der Waals surface area contributed by atoms with Gasteiger partial charge in [0.25, 0.3) is 6.47 Å². The van der Waals surface area contributed by atoms with Gasteiger partial charge in [0.2, 0.25) is 0 Å². The summed E-state index contributed by atoms with van der Waals surface area (Å²) in [6.07, 6.45) is 7.12. The quantitative estimate of drug-likeness (QED) is 0.379. The van der Waals surface area contributed by atoms with E-state index in [0.717, 1.165) is 28.0 Å². The van der Waals surface area contributed by atoms with Crippen LogP contribution >= 0.6 is 23.6 Å². The van der Waals surface area contributed by atoms with Gasteiger partial charge in [0.05, 0.1) is 17.0 Å². The Morgan fingerprint density at radius 2 is 1.97 bits per heavy atom. The topological polar surface area (TPSA) is 54.7 Å². The van der Waals surface area contributed by atoms with E-state index in [0.29, 0.717) is 12.0 Å². The van der Waals surface area contributed by atoms with Crippen molar-refractivity contribution in [1.29, 1.82) is 0 Å². The van der Waals surface area contributed by atoms with Crippen LogP contribution in [0.15, 0.2) is 42.5 Å². The second kappa shape index (κ2) is 10.6. The lowest BCUT2D eigenvalue weighted by molar-refractivity contribution is -0.122. The summed E-state index contributed by atoms with van der Waals surface area (Å²) in [4.78, 5) is 10.9. The number of nitrogens with zero attached hydrogens (tertiary/aromatic N) is 2. The zero-order valence-corrected chi connectivity index (χ0v) is 21.2. The Bertz CT molecular complexity index is 1330. The number of benzene rings is 2. The van der Waals surface area contributed by atoms with E-state index in [1.807, 2.05) is 0 Å². The summed E-state index contributed by atoms with van der Waals surface area (Å²) in [5, 5.41) is 7.93. The summed E-state index contributed by atoms with van der Waals surface area (Å²) in [5.41, 5.74) is 5.32. The molecule has 0 saturated heterocycles. The number of carboxylic acid groups (broad SMARTS) is 1. The van der Waals surface area contributed by atoms with Gasteiger partial charge in [0, 0.05) is 29.9 Å². The molecule has 0 radical (unpaired) electrons. The summed E-state index contributed by atoms with van der Waals surface area (Å²) in [7, 11) is 1.72. The van der Waals surface area contributed by atoms with Crippen LogP contribution in [-0.4, -0.2) is 29.3 Å². The number of rotatable bonds is 5. The molecule has 0 amide bonds. The number of thiazole rings is 1. The standard InChI is InChI=1S/C26H28N2OS2.CH2O2/c1-4-14-27-17(2)25(31-26(27)30)16-18-8-13-24-22(15-18)21-6-5-7-23(21)28(24)19-9-11-20(29-3)12-10-19;2-1-3/h8-13,15-16,21,23H,2,4-7,14H2,1,3H3;1H,(H,2,3)/b25-16+;. The molecule has 5 nitrogen and oxygen atoms in total. The lowest BCUT2D eigenvalue weighted by Gasteiger charge is -2.27. The molecule has 1 aliphatic carbocycles. The summed E-state index contributed by atoms with van der Waals surface area (Å²) in [6, 6.07) is 16.0. The highest BCUT2D eigenvalue weighted by Crippen LogP contribution is 2.52. The molecule has 34 heavy (non-hydrogen) atoms. The summed E-state index contributed by atoms with van der Waals surface area (Å²) in [5.74, 6) is 1.50. The molecule has 1 aromatic heterocycles. The van der Waals surface area contributed by atoms with E-state index in [9.17, 15) is 0 Å². The lowest BCUT2D eigenvalue weighted by Crippen LogP contribution is -2.26. The SMILES string of the molecule is C=c1/c(=C\c2ccc3c(c2)C2CCCC2N3c2ccc(OC)cc2)sc(=S)n1CCC.O=CO. The predicted molar refractivity (Wildman–Crippen MR) is 142 cm³/mol. The number of anilines is 2. The Morgan fingerprint density at radius 1 is 1.24 bits per heavy atom. The van der Waals surface area contributed by atoms with E-state index in [-0.39, 0.29) is 6.47 Å². The second-order valence-electron chi connectivity index (χ2n) is 8.57. The van der Waals surface area contributed by atoms with Crippen LogP contribution in [0.5, 0.6) is 5.75 Å². The van der Waals surface area contributed by atoms with Crippen LogP contribution in [0, 0.1) is 3.95 Å².